The average molecular weight is 313 g/mol. The normalized spacial score (nSPS) is 17.4. The van der Waals surface area contributed by atoms with E-state index in [4.69, 9.17) is 5.73 Å². The molecule has 0 spiro atoms. The number of rotatable bonds is 2. The first-order valence-corrected chi connectivity index (χ1v) is 8.55. The maximum atomic E-state index is 6.00. The fourth-order valence-corrected chi connectivity index (χ4v) is 4.11. The average Bonchev–Trinajstić information content (AvgIpc) is 2.66. The summed E-state index contributed by atoms with van der Waals surface area (Å²) in [6.45, 7) is 1.96. The molecule has 1 aromatic heterocycles. The van der Waals surface area contributed by atoms with Gasteiger partial charge < -0.3 is 16.0 Å². The van der Waals surface area contributed by atoms with Crippen molar-refractivity contribution in [2.75, 3.05) is 36.5 Å². The lowest BCUT2D eigenvalue weighted by molar-refractivity contribution is 0.446. The minimum atomic E-state index is 0.364. The van der Waals surface area contributed by atoms with Gasteiger partial charge in [0.1, 0.15) is 5.82 Å². The van der Waals surface area contributed by atoms with Crippen LogP contribution in [0.5, 0.6) is 0 Å². The second-order valence-corrected chi connectivity index (χ2v) is 6.85. The first kappa shape index (κ1) is 13.8. The van der Waals surface area contributed by atoms with E-state index >= 15 is 0 Å². The predicted octanol–water partition coefficient (Wildman–Crippen LogP) is 1.78. The van der Waals surface area contributed by atoms with Gasteiger partial charge in [0.15, 0.2) is 0 Å². The minimum absolute atomic E-state index is 0.364. The standard InChI is InChI=1S/C16H19N5S/c1-18-10-8-21(9-10)15-12-6-7-22-13-5-3-2-4-11(13)14(12)19-16(17)20-15/h2-5,10,18H,6-9H2,1H3,(H2,17,19,20). The van der Waals surface area contributed by atoms with Crippen LogP contribution in [0.4, 0.5) is 11.8 Å². The summed E-state index contributed by atoms with van der Waals surface area (Å²) < 4.78 is 0. The fourth-order valence-electron chi connectivity index (χ4n) is 3.09. The third-order valence-electron chi connectivity index (χ3n) is 4.34. The number of nitrogen functional groups attached to an aromatic ring is 1. The lowest BCUT2D eigenvalue weighted by atomic mass is 10.0. The molecule has 0 aliphatic carbocycles. The molecule has 0 amide bonds. The van der Waals surface area contributed by atoms with E-state index in [0.717, 1.165) is 36.8 Å². The molecule has 4 rings (SSSR count). The molecular formula is C16H19N5S. The maximum Gasteiger partial charge on any atom is 0.222 e. The van der Waals surface area contributed by atoms with E-state index < -0.39 is 0 Å². The van der Waals surface area contributed by atoms with Gasteiger partial charge in [-0.25, -0.2) is 4.98 Å². The fraction of sp³-hybridized carbons (Fsp3) is 0.375. The van der Waals surface area contributed by atoms with Crippen LogP contribution in [0, 0.1) is 0 Å². The SMILES string of the molecule is CNC1CN(c2nc(N)nc3c2CCSc2ccccc2-3)C1. The van der Waals surface area contributed by atoms with Crippen molar-refractivity contribution in [3.63, 3.8) is 0 Å². The Labute approximate surface area is 134 Å². The molecule has 0 unspecified atom stereocenters. The van der Waals surface area contributed by atoms with Gasteiger partial charge in [-0.05, 0) is 19.5 Å². The van der Waals surface area contributed by atoms with Crippen molar-refractivity contribution in [1.29, 1.82) is 0 Å². The van der Waals surface area contributed by atoms with Gasteiger partial charge in [-0.1, -0.05) is 18.2 Å². The molecule has 5 nitrogen and oxygen atoms in total. The van der Waals surface area contributed by atoms with Gasteiger partial charge in [0, 0.05) is 40.9 Å². The molecule has 114 valence electrons. The van der Waals surface area contributed by atoms with Crippen molar-refractivity contribution >= 4 is 23.5 Å². The number of benzene rings is 1. The highest BCUT2D eigenvalue weighted by molar-refractivity contribution is 7.99. The van der Waals surface area contributed by atoms with Crippen LogP contribution in [0.1, 0.15) is 5.56 Å². The third-order valence-corrected chi connectivity index (χ3v) is 5.42. The van der Waals surface area contributed by atoms with Crippen molar-refractivity contribution in [2.45, 2.75) is 17.4 Å². The summed E-state index contributed by atoms with van der Waals surface area (Å²) in [7, 11) is 2.00. The van der Waals surface area contributed by atoms with Gasteiger partial charge >= 0.3 is 0 Å². The summed E-state index contributed by atoms with van der Waals surface area (Å²) in [6.07, 6.45) is 0.977. The van der Waals surface area contributed by atoms with E-state index in [1.165, 1.54) is 16.0 Å². The number of nitrogens with zero attached hydrogens (tertiary/aromatic N) is 3. The molecule has 2 aliphatic heterocycles. The first-order chi connectivity index (χ1) is 10.8. The van der Waals surface area contributed by atoms with Crippen molar-refractivity contribution in [1.82, 2.24) is 15.3 Å². The van der Waals surface area contributed by atoms with Crippen molar-refractivity contribution < 1.29 is 0 Å². The molecule has 0 radical (unpaired) electrons. The van der Waals surface area contributed by atoms with Gasteiger partial charge in [-0.15, -0.1) is 11.8 Å². The molecule has 1 saturated heterocycles. The quantitative estimate of drug-likeness (QED) is 0.881. The number of anilines is 2. The highest BCUT2D eigenvalue weighted by atomic mass is 32.2. The number of fused-ring (bicyclic) bond motifs is 3. The Kier molecular flexibility index (Phi) is 3.43. The Morgan fingerprint density at radius 2 is 2.09 bits per heavy atom. The lowest BCUT2D eigenvalue weighted by Gasteiger charge is -2.41. The Bertz CT molecular complexity index is 712. The molecule has 3 N–H and O–H groups in total. The summed E-state index contributed by atoms with van der Waals surface area (Å²) in [4.78, 5) is 12.7. The zero-order chi connectivity index (χ0) is 15.1. The molecule has 3 heterocycles. The van der Waals surface area contributed by atoms with Crippen LogP contribution in [0.2, 0.25) is 0 Å². The molecule has 2 aromatic rings. The molecule has 6 heteroatoms. The summed E-state index contributed by atoms with van der Waals surface area (Å²) in [5, 5.41) is 3.30. The van der Waals surface area contributed by atoms with Crippen LogP contribution in [-0.4, -0.2) is 41.9 Å². The van der Waals surface area contributed by atoms with Crippen LogP contribution in [0.15, 0.2) is 29.2 Å². The molecule has 22 heavy (non-hydrogen) atoms. The van der Waals surface area contributed by atoms with Crippen LogP contribution >= 0.6 is 11.8 Å². The highest BCUT2D eigenvalue weighted by Gasteiger charge is 2.30. The highest BCUT2D eigenvalue weighted by Crippen LogP contribution is 2.40. The monoisotopic (exact) mass is 313 g/mol. The Balaban J connectivity index is 1.82. The van der Waals surface area contributed by atoms with Gasteiger partial charge in [-0.3, -0.25) is 0 Å². The Morgan fingerprint density at radius 3 is 2.91 bits per heavy atom. The third kappa shape index (κ3) is 2.23. The number of thioether (sulfide) groups is 1. The van der Waals surface area contributed by atoms with Crippen molar-refractivity contribution in [2.24, 2.45) is 0 Å². The number of aromatic nitrogens is 2. The minimum Gasteiger partial charge on any atom is -0.368 e. The molecule has 0 atom stereocenters. The largest absolute Gasteiger partial charge is 0.368 e. The first-order valence-electron chi connectivity index (χ1n) is 7.57. The Morgan fingerprint density at radius 1 is 1.27 bits per heavy atom. The van der Waals surface area contributed by atoms with Crippen LogP contribution in [0.25, 0.3) is 11.3 Å². The van der Waals surface area contributed by atoms with E-state index in [1.807, 2.05) is 18.8 Å². The molecule has 1 fully saturated rings. The smallest absolute Gasteiger partial charge is 0.222 e. The molecule has 1 aromatic carbocycles. The molecular weight excluding hydrogens is 294 g/mol. The van der Waals surface area contributed by atoms with Gasteiger partial charge in [0.05, 0.1) is 5.69 Å². The van der Waals surface area contributed by atoms with E-state index in [0.29, 0.717) is 12.0 Å². The second-order valence-electron chi connectivity index (χ2n) is 5.72. The zero-order valence-electron chi connectivity index (χ0n) is 12.5. The van der Waals surface area contributed by atoms with Crippen LogP contribution in [-0.2, 0) is 6.42 Å². The Hall–Kier alpha value is -1.79. The van der Waals surface area contributed by atoms with E-state index in [1.54, 1.807) is 0 Å². The number of nitrogens with one attached hydrogen (secondary N) is 1. The number of nitrogens with two attached hydrogens (primary N) is 1. The number of hydrogen-bond acceptors (Lipinski definition) is 6. The van der Waals surface area contributed by atoms with Gasteiger partial charge in [0.25, 0.3) is 0 Å². The number of hydrogen-bond donors (Lipinski definition) is 2. The second kappa shape index (κ2) is 5.44. The molecule has 0 saturated carbocycles. The molecule has 2 aliphatic rings. The van der Waals surface area contributed by atoms with Crippen molar-refractivity contribution in [3.05, 3.63) is 29.8 Å². The van der Waals surface area contributed by atoms with Gasteiger partial charge in [0.2, 0.25) is 5.95 Å². The van der Waals surface area contributed by atoms with E-state index in [-0.39, 0.29) is 0 Å². The van der Waals surface area contributed by atoms with Gasteiger partial charge in [-0.2, -0.15) is 4.98 Å². The van der Waals surface area contributed by atoms with Crippen LogP contribution < -0.4 is 16.0 Å². The molecule has 0 bridgehead atoms. The summed E-state index contributed by atoms with van der Waals surface area (Å²) in [5.41, 5.74) is 9.43. The topological polar surface area (TPSA) is 67.1 Å². The summed E-state index contributed by atoms with van der Waals surface area (Å²) in [5.74, 6) is 2.43. The summed E-state index contributed by atoms with van der Waals surface area (Å²) >= 11 is 1.88. The van der Waals surface area contributed by atoms with Crippen LogP contribution in [0.3, 0.4) is 0 Å². The predicted molar refractivity (Wildman–Crippen MR) is 91.4 cm³/mol. The van der Waals surface area contributed by atoms with Crippen molar-refractivity contribution in [3.8, 4) is 11.3 Å². The van der Waals surface area contributed by atoms with E-state index in [2.05, 4.69) is 44.5 Å². The summed E-state index contributed by atoms with van der Waals surface area (Å²) in [6, 6.07) is 8.98. The maximum absolute atomic E-state index is 6.00. The number of likely N-dealkylation sites (N-methyl/N-ethyl adjacent to an activating group) is 1. The zero-order valence-corrected chi connectivity index (χ0v) is 13.4. The van der Waals surface area contributed by atoms with E-state index in [9.17, 15) is 0 Å². The lowest BCUT2D eigenvalue weighted by Crippen LogP contribution is -2.57.